The lowest BCUT2D eigenvalue weighted by atomic mass is 9.80. The number of anilines is 1. The van der Waals surface area contributed by atoms with Gasteiger partial charge in [0.15, 0.2) is 0 Å². The van der Waals surface area contributed by atoms with Crippen LogP contribution in [0.2, 0.25) is 5.02 Å². The van der Waals surface area contributed by atoms with Crippen LogP contribution in [-0.2, 0) is 0 Å². The van der Waals surface area contributed by atoms with Crippen molar-refractivity contribution < 1.29 is 10.2 Å². The molecule has 8 nitrogen and oxygen atoms in total. The van der Waals surface area contributed by atoms with E-state index in [9.17, 15) is 10.2 Å². The van der Waals surface area contributed by atoms with Crippen molar-refractivity contribution in [2.24, 2.45) is 5.41 Å². The molecule has 3 aromatic heterocycles. The molecule has 34 heavy (non-hydrogen) atoms. The number of nitrogens with zero attached hydrogens (tertiary/aromatic N) is 5. The van der Waals surface area contributed by atoms with E-state index in [1.807, 2.05) is 35.9 Å². The van der Waals surface area contributed by atoms with Gasteiger partial charge in [-0.05, 0) is 50.6 Å². The van der Waals surface area contributed by atoms with Gasteiger partial charge in [-0.1, -0.05) is 23.7 Å². The number of aryl methyl sites for hydroxylation is 1. The Balaban J connectivity index is 1.33. The summed E-state index contributed by atoms with van der Waals surface area (Å²) in [5, 5.41) is 24.8. The molecular weight excluding hydrogens is 452 g/mol. The number of rotatable bonds is 2. The maximum Gasteiger partial charge on any atom is 0.143 e. The first kappa shape index (κ1) is 21.7. The summed E-state index contributed by atoms with van der Waals surface area (Å²) in [7, 11) is 2.07. The highest BCUT2D eigenvalue weighted by Crippen LogP contribution is 2.55. The fourth-order valence-electron chi connectivity index (χ4n) is 6.19. The van der Waals surface area contributed by atoms with E-state index in [4.69, 9.17) is 17.3 Å². The molecule has 6 rings (SSSR count). The van der Waals surface area contributed by atoms with Crippen LogP contribution >= 0.6 is 11.6 Å². The third-order valence-electron chi connectivity index (χ3n) is 7.93. The van der Waals surface area contributed by atoms with Gasteiger partial charge in [0.05, 0.1) is 28.4 Å². The van der Waals surface area contributed by atoms with Crippen LogP contribution in [0.25, 0.3) is 21.9 Å². The minimum Gasteiger partial charge on any atom is -0.390 e. The van der Waals surface area contributed by atoms with Gasteiger partial charge in [-0.3, -0.25) is 4.90 Å². The molecular formula is C25H27ClN6O2. The van der Waals surface area contributed by atoms with Gasteiger partial charge in [0.25, 0.3) is 0 Å². The average Bonchev–Trinajstić information content (AvgIpc) is 3.45. The lowest BCUT2D eigenvalue weighted by Gasteiger charge is -2.27. The zero-order chi connectivity index (χ0) is 23.8. The number of pyridine rings is 1. The van der Waals surface area contributed by atoms with Gasteiger partial charge in [0.2, 0.25) is 0 Å². The first-order chi connectivity index (χ1) is 16.3. The standard InChI is InChI=1S/C25H27ClN6O2/c1-13-16-5-6-32(24(16)29-12-28-13)20-10-25(22(34)21(20)33)9-19(31(2)11-25)15-4-3-14-7-17(26)23(27)30-18(14)8-15/h3-8,12,19-22,33-34H,9-11H2,1-2H3,(H2,27,30). The van der Waals surface area contributed by atoms with Crippen LogP contribution in [-0.4, -0.2) is 60.4 Å². The van der Waals surface area contributed by atoms with E-state index in [1.165, 1.54) is 0 Å². The molecule has 1 aliphatic heterocycles. The van der Waals surface area contributed by atoms with Gasteiger partial charge < -0.3 is 20.5 Å². The van der Waals surface area contributed by atoms with Crippen molar-refractivity contribution in [2.75, 3.05) is 19.3 Å². The molecule has 4 heterocycles. The number of aliphatic hydroxyl groups is 2. The van der Waals surface area contributed by atoms with E-state index in [-0.39, 0.29) is 12.1 Å². The minimum absolute atomic E-state index is 0.0923. The third-order valence-corrected chi connectivity index (χ3v) is 8.23. The summed E-state index contributed by atoms with van der Waals surface area (Å²) >= 11 is 6.13. The van der Waals surface area contributed by atoms with Crippen molar-refractivity contribution in [1.82, 2.24) is 24.4 Å². The fourth-order valence-corrected chi connectivity index (χ4v) is 6.35. The Morgan fingerprint density at radius 1 is 1.15 bits per heavy atom. The number of halogens is 1. The highest BCUT2D eigenvalue weighted by Gasteiger charge is 2.58. The number of fused-ring (bicyclic) bond motifs is 2. The largest absolute Gasteiger partial charge is 0.390 e. The summed E-state index contributed by atoms with van der Waals surface area (Å²) in [5.41, 5.74) is 9.11. The maximum absolute atomic E-state index is 11.3. The summed E-state index contributed by atoms with van der Waals surface area (Å²) in [4.78, 5) is 15.5. The average molecular weight is 479 g/mol. The Bertz CT molecular complexity index is 1420. The minimum atomic E-state index is -0.877. The Hall–Kier alpha value is -2.78. The topological polar surface area (TPSA) is 113 Å². The molecule has 5 atom stereocenters. The predicted octanol–water partition coefficient (Wildman–Crippen LogP) is 3.25. The van der Waals surface area contributed by atoms with Crippen LogP contribution < -0.4 is 5.73 Å². The van der Waals surface area contributed by atoms with Gasteiger partial charge in [0.1, 0.15) is 23.9 Å². The Morgan fingerprint density at radius 3 is 2.79 bits per heavy atom. The first-order valence-corrected chi connectivity index (χ1v) is 11.9. The van der Waals surface area contributed by atoms with E-state index in [0.717, 1.165) is 39.6 Å². The Labute approximate surface area is 202 Å². The highest BCUT2D eigenvalue weighted by atomic mass is 35.5. The van der Waals surface area contributed by atoms with Crippen LogP contribution in [0.1, 0.15) is 36.2 Å². The van der Waals surface area contributed by atoms with Gasteiger partial charge in [0, 0.05) is 35.0 Å². The number of hydrogen-bond donors (Lipinski definition) is 3. The number of nitrogen functional groups attached to an aromatic ring is 1. The molecule has 4 N–H and O–H groups in total. The van der Waals surface area contributed by atoms with E-state index in [0.29, 0.717) is 23.8 Å². The number of likely N-dealkylation sites (tertiary alicyclic amines) is 1. The normalized spacial score (nSPS) is 29.7. The summed E-state index contributed by atoms with van der Waals surface area (Å²) < 4.78 is 2.01. The SMILES string of the molecule is Cc1ncnc2c1ccn2C1CC2(CC(c3ccc4cc(Cl)c(N)nc4c3)N(C)C2)C(O)C1O. The van der Waals surface area contributed by atoms with Gasteiger partial charge in [-0.25, -0.2) is 15.0 Å². The van der Waals surface area contributed by atoms with Crippen molar-refractivity contribution in [3.05, 3.63) is 59.1 Å². The number of hydrogen-bond acceptors (Lipinski definition) is 7. The van der Waals surface area contributed by atoms with E-state index in [1.54, 1.807) is 6.33 Å². The summed E-state index contributed by atoms with van der Waals surface area (Å²) in [5.74, 6) is 0.317. The molecule has 2 aliphatic rings. The molecule has 0 amide bonds. The molecule has 5 unspecified atom stereocenters. The smallest absolute Gasteiger partial charge is 0.143 e. The van der Waals surface area contributed by atoms with Crippen LogP contribution in [0.5, 0.6) is 0 Å². The molecule has 2 fully saturated rings. The maximum atomic E-state index is 11.3. The van der Waals surface area contributed by atoms with E-state index < -0.39 is 17.6 Å². The molecule has 1 saturated carbocycles. The first-order valence-electron chi connectivity index (χ1n) is 11.5. The Kier molecular flexibility index (Phi) is 4.87. The molecule has 1 aromatic carbocycles. The zero-order valence-electron chi connectivity index (χ0n) is 19.1. The summed E-state index contributed by atoms with van der Waals surface area (Å²) in [6.45, 7) is 2.64. The number of aliphatic hydroxyl groups excluding tert-OH is 2. The van der Waals surface area contributed by atoms with Crippen LogP contribution in [0.4, 0.5) is 5.82 Å². The second-order valence-corrected chi connectivity index (χ2v) is 10.3. The van der Waals surface area contributed by atoms with Crippen molar-refractivity contribution in [3.8, 4) is 0 Å². The Morgan fingerprint density at radius 2 is 1.97 bits per heavy atom. The van der Waals surface area contributed by atoms with Crippen molar-refractivity contribution in [3.63, 3.8) is 0 Å². The molecule has 176 valence electrons. The van der Waals surface area contributed by atoms with Crippen molar-refractivity contribution in [2.45, 2.75) is 44.1 Å². The lowest BCUT2D eigenvalue weighted by Crippen LogP contribution is -2.38. The predicted molar refractivity (Wildman–Crippen MR) is 132 cm³/mol. The molecule has 9 heteroatoms. The molecule has 0 radical (unpaired) electrons. The second-order valence-electron chi connectivity index (χ2n) is 9.93. The van der Waals surface area contributed by atoms with Crippen LogP contribution in [0.15, 0.2) is 42.9 Å². The molecule has 0 bridgehead atoms. The number of benzene rings is 1. The quantitative estimate of drug-likeness (QED) is 0.405. The van der Waals surface area contributed by atoms with E-state index in [2.05, 4.69) is 39.0 Å². The fraction of sp³-hybridized carbons (Fsp3) is 0.400. The number of aromatic nitrogens is 4. The van der Waals surface area contributed by atoms with Crippen molar-refractivity contribution in [1.29, 1.82) is 0 Å². The van der Waals surface area contributed by atoms with Gasteiger partial charge in [-0.15, -0.1) is 0 Å². The van der Waals surface area contributed by atoms with Gasteiger partial charge >= 0.3 is 0 Å². The number of nitrogens with two attached hydrogens (primary N) is 1. The summed E-state index contributed by atoms with van der Waals surface area (Å²) in [6, 6.07) is 9.80. The lowest BCUT2D eigenvalue weighted by molar-refractivity contribution is -0.0238. The van der Waals surface area contributed by atoms with Crippen molar-refractivity contribution >= 4 is 39.4 Å². The molecule has 1 spiro atoms. The van der Waals surface area contributed by atoms with Crippen LogP contribution in [0, 0.1) is 12.3 Å². The zero-order valence-corrected chi connectivity index (χ0v) is 19.8. The highest BCUT2D eigenvalue weighted by molar-refractivity contribution is 6.33. The van der Waals surface area contributed by atoms with Gasteiger partial charge in [-0.2, -0.15) is 0 Å². The molecule has 1 saturated heterocycles. The second kappa shape index (κ2) is 7.61. The molecule has 1 aliphatic carbocycles. The summed E-state index contributed by atoms with van der Waals surface area (Å²) in [6.07, 6.45) is 3.19. The van der Waals surface area contributed by atoms with E-state index >= 15 is 0 Å². The monoisotopic (exact) mass is 478 g/mol. The molecule has 4 aromatic rings. The van der Waals surface area contributed by atoms with Crippen LogP contribution in [0.3, 0.4) is 0 Å². The third kappa shape index (κ3) is 3.13.